The molecule has 6 aromatic carbocycles. The number of fused-ring (bicyclic) bond motifs is 3. The van der Waals surface area contributed by atoms with Crippen LogP contribution in [0.4, 0.5) is 15.3 Å². The molecule has 3 aliphatic carbocycles. The number of carbonyl (C=O) groups excluding carboxylic acids is 4. The van der Waals surface area contributed by atoms with Crippen molar-refractivity contribution in [1.82, 2.24) is 44.2 Å². The summed E-state index contributed by atoms with van der Waals surface area (Å²) in [6.45, 7) is 15.9. The standard InChI is InChI=1S/C31H36ClN3O5S.C26H28ClN3O3S.C21H30N2O6S.C9H7ClN2/c1-31(2,3)40-30(37)35-12-4-5-21(19-35)16-34-41(38,39)24-10-8-22(9-11-24)25-15-27(25)29(36)14-20-6-7-23-17-33-18-28(32)26(23)13-20;27-25-16-29-15-20-4-3-17(10-23(20)25)11-26(31)24-12-22(24)19-5-7-21(8-6-19)34(32,33)30-14-18-2-1-9-28-13-18;1-21(2,3)29-20(26)23-10-4-5-14(13-23)12-22-30(27,28)16-8-6-15(7-9-16)17-11-18(17)19(24)25;10-9-5-12-4-6-1-2-7(11)3-8(6)9/h6-11,13,17-18,21,25,27,34H,4-5,12,14-16,19H2,1-3H3;3-8,10,15-16,18,22,24,28,30H,1-2,9,11-14H2;6-9,14,17-18,22H,4-5,10-13H2,1-3H3,(H,24,25);1-5H,11H2/t21-,25-,27+;18-,22+,24-;14-,17-,18+;/m010./s1. The number of ketones is 2. The number of carboxylic acids is 1. The Kier molecular flexibility index (Phi) is 28.2. The Hall–Kier alpha value is -8.74. The number of nitrogens with two attached hydrogens (primary N) is 1. The molecule has 6 aliphatic rings. The fraction of sp³-hybridized carbons (Fsp3) is 0.425. The number of hydrogen-bond donors (Lipinski definition) is 6. The first kappa shape index (κ1) is 87.6. The van der Waals surface area contributed by atoms with Crippen LogP contribution in [0.1, 0.15) is 145 Å². The summed E-state index contributed by atoms with van der Waals surface area (Å²) in [5.41, 5.74) is 9.88. The van der Waals surface area contributed by atoms with Gasteiger partial charge in [-0.05, 0) is 236 Å². The summed E-state index contributed by atoms with van der Waals surface area (Å²) >= 11 is 18.4. The predicted octanol–water partition coefficient (Wildman–Crippen LogP) is 15.1. The first-order valence-corrected chi connectivity index (χ1v) is 45.2. The van der Waals surface area contributed by atoms with Gasteiger partial charge in [0.1, 0.15) is 22.8 Å². The van der Waals surface area contributed by atoms with E-state index in [0.717, 1.165) is 130 Å². The second-order valence-corrected chi connectivity index (χ2v) is 39.8. The lowest BCUT2D eigenvalue weighted by Crippen LogP contribution is -2.45. The number of nitrogens with one attached hydrogen (secondary N) is 4. The van der Waals surface area contributed by atoms with E-state index in [1.807, 2.05) is 108 Å². The molecule has 2 amide bonds. The molecule has 3 saturated heterocycles. The number of carboxylic acid groups (broad SMARTS) is 1. The van der Waals surface area contributed by atoms with E-state index in [9.17, 15) is 49.2 Å². The molecule has 117 heavy (non-hydrogen) atoms. The van der Waals surface area contributed by atoms with Crippen molar-refractivity contribution in [3.8, 4) is 0 Å². The molecule has 9 aromatic rings. The van der Waals surface area contributed by atoms with Crippen molar-refractivity contribution in [2.75, 3.05) is 64.6 Å². The van der Waals surface area contributed by atoms with Gasteiger partial charge in [0.2, 0.25) is 30.1 Å². The lowest BCUT2D eigenvalue weighted by Gasteiger charge is -2.34. The molecule has 6 heterocycles. The van der Waals surface area contributed by atoms with Crippen LogP contribution in [0.5, 0.6) is 0 Å². The summed E-state index contributed by atoms with van der Waals surface area (Å²) in [6.07, 6.45) is 17.6. The monoisotopic (exact) mass is 1710 g/mol. The van der Waals surface area contributed by atoms with Crippen LogP contribution in [-0.2, 0) is 66.8 Å². The SMILES string of the molecule is CC(C)(C)OC(=O)N1CCC[C@@H](CNS(=O)(=O)c2ccc([C@@H]3C[C@H]3C(=O)Cc3ccc4cncc(Cl)c4c3)cc2)C1.CC(C)(C)OC(=O)N1CCC[C@@H](CNS(=O)(=O)c2ccc([C@@H]3C[C@H]3C(=O)O)cc2)C1.Nc1ccc2cncc(Cl)c2c1.O=C(Cc1ccc2cncc(Cl)c2c1)[C@@H]1C[C@H]1c1ccc(S(=O)(=O)NC[C@@H]2CCCNC2)cc1. The number of aromatic nitrogens is 3. The van der Waals surface area contributed by atoms with Crippen LogP contribution in [0.3, 0.4) is 0 Å². The summed E-state index contributed by atoms with van der Waals surface area (Å²) in [6, 6.07) is 37.5. The quantitative estimate of drug-likeness (QED) is 0.0343. The van der Waals surface area contributed by atoms with E-state index in [-0.39, 0.29) is 98.9 Å². The van der Waals surface area contributed by atoms with Gasteiger partial charge in [-0.15, -0.1) is 0 Å². The van der Waals surface area contributed by atoms with Crippen LogP contribution in [0.15, 0.2) is 179 Å². The molecule has 0 spiro atoms. The van der Waals surface area contributed by atoms with Gasteiger partial charge in [0.15, 0.2) is 0 Å². The molecule has 6 fully saturated rings. The van der Waals surface area contributed by atoms with Gasteiger partial charge in [0, 0.05) is 146 Å². The van der Waals surface area contributed by atoms with Gasteiger partial charge in [-0.1, -0.05) is 102 Å². The lowest BCUT2D eigenvalue weighted by molar-refractivity contribution is -0.138. The van der Waals surface area contributed by atoms with Crippen molar-refractivity contribution in [3.05, 3.63) is 207 Å². The molecular formula is C87H101Cl3N10O14S3. The number of hydrogen-bond acceptors (Lipinski definition) is 18. The highest BCUT2D eigenvalue weighted by Crippen LogP contribution is 2.51. The molecule has 3 aromatic heterocycles. The van der Waals surface area contributed by atoms with Crippen LogP contribution in [0.2, 0.25) is 15.1 Å². The van der Waals surface area contributed by atoms with Crippen LogP contribution in [0.25, 0.3) is 32.3 Å². The minimum atomic E-state index is -3.71. The second-order valence-electron chi connectivity index (χ2n) is 33.3. The largest absolute Gasteiger partial charge is 0.481 e. The average molecular weight is 1710 g/mol. The van der Waals surface area contributed by atoms with Gasteiger partial charge in [-0.3, -0.25) is 29.3 Å². The summed E-state index contributed by atoms with van der Waals surface area (Å²) in [7, 11) is -10.9. The van der Waals surface area contributed by atoms with Crippen molar-refractivity contribution in [2.45, 2.75) is 156 Å². The third-order valence-corrected chi connectivity index (χ3v) is 27.1. The van der Waals surface area contributed by atoms with Crippen LogP contribution in [0, 0.1) is 35.5 Å². The highest BCUT2D eigenvalue weighted by Gasteiger charge is 2.46. The lowest BCUT2D eigenvalue weighted by atomic mass is 9.99. The van der Waals surface area contributed by atoms with Gasteiger partial charge in [0.25, 0.3) is 0 Å². The maximum absolute atomic E-state index is 13.0. The molecule has 24 nitrogen and oxygen atoms in total. The van der Waals surface area contributed by atoms with Crippen LogP contribution < -0.4 is 25.2 Å². The number of nitrogen functional groups attached to an aromatic ring is 1. The Labute approximate surface area is 699 Å². The first-order valence-electron chi connectivity index (χ1n) is 39.6. The molecule has 9 atom stereocenters. The Balaban J connectivity index is 0.000000152. The smallest absolute Gasteiger partial charge is 0.410 e. The molecule has 30 heteroatoms. The van der Waals surface area contributed by atoms with Gasteiger partial charge < -0.3 is 35.4 Å². The van der Waals surface area contributed by atoms with Crippen LogP contribution >= 0.6 is 34.8 Å². The fourth-order valence-electron chi connectivity index (χ4n) is 15.2. The number of anilines is 1. The number of ether oxygens (including phenoxy) is 2. The number of amides is 2. The number of carbonyl (C=O) groups is 5. The summed E-state index contributed by atoms with van der Waals surface area (Å²) in [5, 5.41) is 19.8. The highest BCUT2D eigenvalue weighted by molar-refractivity contribution is 7.90. The van der Waals surface area contributed by atoms with E-state index in [2.05, 4.69) is 34.4 Å². The normalized spacial score (nSPS) is 21.3. The van der Waals surface area contributed by atoms with Gasteiger partial charge >= 0.3 is 18.2 Å². The zero-order chi connectivity index (χ0) is 83.7. The zero-order valence-corrected chi connectivity index (χ0v) is 71.1. The topological polar surface area (TPSA) is 346 Å². The Morgan fingerprint density at radius 1 is 0.479 bits per heavy atom. The molecule has 7 N–H and O–H groups in total. The van der Waals surface area contributed by atoms with Crippen molar-refractivity contribution >= 4 is 133 Å². The number of aliphatic carboxylic acids is 1. The Morgan fingerprint density at radius 3 is 1.19 bits per heavy atom. The maximum Gasteiger partial charge on any atom is 0.410 e. The van der Waals surface area contributed by atoms with Crippen molar-refractivity contribution in [2.24, 2.45) is 35.5 Å². The summed E-state index contributed by atoms with van der Waals surface area (Å²) in [4.78, 5) is 77.6. The van der Waals surface area contributed by atoms with Gasteiger partial charge in [-0.2, -0.15) is 0 Å². The van der Waals surface area contributed by atoms with E-state index in [4.69, 9.17) is 55.1 Å². The number of nitrogens with zero attached hydrogens (tertiary/aromatic N) is 5. The molecule has 0 bridgehead atoms. The maximum atomic E-state index is 13.0. The summed E-state index contributed by atoms with van der Waals surface area (Å²) < 4.78 is 95.6. The number of halogens is 3. The summed E-state index contributed by atoms with van der Waals surface area (Å²) in [5.74, 6) is -0.330. The van der Waals surface area contributed by atoms with E-state index in [0.29, 0.717) is 73.0 Å². The number of benzene rings is 6. The number of sulfonamides is 3. The number of rotatable bonds is 22. The van der Waals surface area contributed by atoms with E-state index in [1.165, 1.54) is 12.1 Å². The highest BCUT2D eigenvalue weighted by atomic mass is 35.5. The molecule has 622 valence electrons. The Morgan fingerprint density at radius 2 is 0.829 bits per heavy atom. The fourth-order valence-corrected chi connectivity index (χ4v) is 19.2. The number of pyridine rings is 3. The zero-order valence-electron chi connectivity index (χ0n) is 66.4. The average Bonchev–Trinajstić information content (AvgIpc) is 1.64. The second kappa shape index (κ2) is 37.7. The molecule has 3 saturated carbocycles. The minimum absolute atomic E-state index is 0.0128. The minimum Gasteiger partial charge on any atom is -0.481 e. The molecule has 3 aliphatic heterocycles. The first-order chi connectivity index (χ1) is 55.5. The van der Waals surface area contributed by atoms with Crippen molar-refractivity contribution < 1.29 is 63.8 Å². The van der Waals surface area contributed by atoms with E-state index < -0.39 is 47.2 Å². The molecular weight excluding hydrogens is 1610 g/mol. The van der Waals surface area contributed by atoms with E-state index in [1.54, 1.807) is 95.5 Å². The third-order valence-electron chi connectivity index (χ3n) is 21.8. The van der Waals surface area contributed by atoms with Crippen molar-refractivity contribution in [3.63, 3.8) is 0 Å². The molecule has 0 radical (unpaired) electrons. The van der Waals surface area contributed by atoms with Gasteiger partial charge in [-0.25, -0.2) is 49.0 Å². The van der Waals surface area contributed by atoms with Crippen molar-refractivity contribution in [1.29, 1.82) is 0 Å². The van der Waals surface area contributed by atoms with Crippen LogP contribution in [-0.4, -0.2) is 155 Å². The number of likely N-dealkylation sites (tertiary alicyclic amines) is 2. The Bertz CT molecular complexity index is 5460. The number of piperidine rings is 3. The molecule has 15 rings (SSSR count). The number of Topliss-reactive ketones (excluding diaryl/α,β-unsaturated/α-hetero) is 2. The van der Waals surface area contributed by atoms with Gasteiger partial charge in [0.05, 0.1) is 35.7 Å². The molecule has 0 unspecified atom stereocenters. The van der Waals surface area contributed by atoms with E-state index >= 15 is 0 Å². The third kappa shape index (κ3) is 24.1. The predicted molar refractivity (Wildman–Crippen MR) is 454 cm³/mol.